The number of esters is 1. The lowest BCUT2D eigenvalue weighted by atomic mass is 9.92. The van der Waals surface area contributed by atoms with E-state index < -0.39 is 11.8 Å². The molecule has 9 heteroatoms. The van der Waals surface area contributed by atoms with Crippen LogP contribution in [0.15, 0.2) is 22.7 Å². The number of rotatable bonds is 8. The molecular formula is C21H27F2N3O4. The van der Waals surface area contributed by atoms with Gasteiger partial charge in [0, 0.05) is 20.0 Å². The van der Waals surface area contributed by atoms with Gasteiger partial charge in [-0.3, -0.25) is 0 Å². The van der Waals surface area contributed by atoms with E-state index in [1.165, 1.54) is 7.11 Å². The zero-order chi connectivity index (χ0) is 21.7. The summed E-state index contributed by atoms with van der Waals surface area (Å²) in [5.74, 6) is -2.61. The molecular weight excluding hydrogens is 396 g/mol. The first kappa shape index (κ1) is 22.0. The van der Waals surface area contributed by atoms with Gasteiger partial charge in [0.15, 0.2) is 0 Å². The van der Waals surface area contributed by atoms with Crippen molar-refractivity contribution in [1.29, 1.82) is 0 Å². The predicted molar refractivity (Wildman–Crippen MR) is 106 cm³/mol. The molecule has 0 N–H and O–H groups in total. The molecule has 0 atom stereocenters. The molecule has 2 aromatic rings. The zero-order valence-electron chi connectivity index (χ0n) is 17.5. The molecule has 1 aromatic heterocycles. The topological polar surface area (TPSA) is 77.7 Å². The Bertz CT molecular complexity index is 858. The van der Waals surface area contributed by atoms with Crippen LogP contribution in [0, 0.1) is 12.8 Å². The van der Waals surface area contributed by atoms with E-state index in [2.05, 4.69) is 14.7 Å². The Kier molecular flexibility index (Phi) is 6.89. The number of aromatic nitrogens is 2. The van der Waals surface area contributed by atoms with Gasteiger partial charge in [-0.1, -0.05) is 0 Å². The van der Waals surface area contributed by atoms with E-state index in [1.54, 1.807) is 12.1 Å². The fourth-order valence-electron chi connectivity index (χ4n) is 3.57. The molecule has 0 bridgehead atoms. The van der Waals surface area contributed by atoms with Gasteiger partial charge in [0.05, 0.1) is 19.3 Å². The summed E-state index contributed by atoms with van der Waals surface area (Å²) >= 11 is 0. The minimum Gasteiger partial charge on any atom is -0.494 e. The molecule has 30 heavy (non-hydrogen) atoms. The standard InChI is InChI=1S/C21H27F2N3O4/c1-14-13-16(6-7-17(14)18(27)28-3)29-12-4-5-15-8-10-26(11-9-15)20-24-19(30-25-20)21(2,22)23/h6-7,13,15H,4-5,8-12H2,1-3H3. The van der Waals surface area contributed by atoms with Gasteiger partial charge in [-0.25, -0.2) is 4.79 Å². The molecule has 1 aliphatic heterocycles. The largest absolute Gasteiger partial charge is 0.494 e. The first-order valence-corrected chi connectivity index (χ1v) is 10.1. The minimum absolute atomic E-state index is 0.235. The Morgan fingerprint density at radius 1 is 1.33 bits per heavy atom. The number of benzene rings is 1. The van der Waals surface area contributed by atoms with Gasteiger partial charge in [-0.15, -0.1) is 0 Å². The Balaban J connectivity index is 1.39. The van der Waals surface area contributed by atoms with Crippen LogP contribution >= 0.6 is 0 Å². The SMILES string of the molecule is COC(=O)c1ccc(OCCCC2CCN(c3noc(C(C)(F)F)n3)CC2)cc1C. The van der Waals surface area contributed by atoms with Crippen molar-refractivity contribution in [2.24, 2.45) is 5.92 Å². The summed E-state index contributed by atoms with van der Waals surface area (Å²) < 4.78 is 41.7. The van der Waals surface area contributed by atoms with E-state index >= 15 is 0 Å². The number of anilines is 1. The highest BCUT2D eigenvalue weighted by Gasteiger charge is 2.33. The summed E-state index contributed by atoms with van der Waals surface area (Å²) in [6.07, 6.45) is 3.83. The lowest BCUT2D eigenvalue weighted by Gasteiger charge is -2.30. The predicted octanol–water partition coefficient (Wildman–Crippen LogP) is 4.35. The Labute approximate surface area is 174 Å². The normalized spacial score (nSPS) is 15.3. The molecule has 1 aromatic carbocycles. The summed E-state index contributed by atoms with van der Waals surface area (Å²) in [6, 6.07) is 5.32. The van der Waals surface area contributed by atoms with Crippen LogP contribution in [-0.2, 0) is 10.7 Å². The third-order valence-electron chi connectivity index (χ3n) is 5.32. The summed E-state index contributed by atoms with van der Waals surface area (Å²) in [6.45, 7) is 4.62. The van der Waals surface area contributed by atoms with Crippen LogP contribution in [0.2, 0.25) is 0 Å². The van der Waals surface area contributed by atoms with E-state index in [-0.39, 0.29) is 11.9 Å². The third kappa shape index (κ3) is 5.46. The van der Waals surface area contributed by atoms with Gasteiger partial charge < -0.3 is 18.9 Å². The van der Waals surface area contributed by atoms with Crippen molar-refractivity contribution in [2.75, 3.05) is 31.7 Å². The Morgan fingerprint density at radius 3 is 2.67 bits per heavy atom. The maximum absolute atomic E-state index is 13.2. The van der Waals surface area contributed by atoms with Crippen molar-refractivity contribution >= 4 is 11.9 Å². The highest BCUT2D eigenvalue weighted by atomic mass is 19.3. The molecule has 1 aliphatic rings. The number of alkyl halides is 2. The molecule has 1 fully saturated rings. The van der Waals surface area contributed by atoms with Crippen LogP contribution in [0.25, 0.3) is 0 Å². The van der Waals surface area contributed by atoms with Crippen LogP contribution < -0.4 is 9.64 Å². The first-order valence-electron chi connectivity index (χ1n) is 10.1. The van der Waals surface area contributed by atoms with Crippen molar-refractivity contribution in [1.82, 2.24) is 10.1 Å². The molecule has 0 aliphatic carbocycles. The molecule has 0 radical (unpaired) electrons. The van der Waals surface area contributed by atoms with E-state index in [0.29, 0.717) is 31.2 Å². The maximum atomic E-state index is 13.2. The van der Waals surface area contributed by atoms with Crippen molar-refractivity contribution < 1.29 is 27.6 Å². The van der Waals surface area contributed by atoms with Crippen LogP contribution in [-0.4, -0.2) is 42.9 Å². The molecule has 0 unspecified atom stereocenters. The Morgan fingerprint density at radius 2 is 2.07 bits per heavy atom. The number of piperidine rings is 1. The summed E-state index contributed by atoms with van der Waals surface area (Å²) in [4.78, 5) is 17.3. The van der Waals surface area contributed by atoms with Gasteiger partial charge in [0.1, 0.15) is 5.75 Å². The van der Waals surface area contributed by atoms with Crippen molar-refractivity contribution in [3.8, 4) is 5.75 Å². The Hall–Kier alpha value is -2.71. The van der Waals surface area contributed by atoms with E-state index in [0.717, 1.165) is 43.9 Å². The van der Waals surface area contributed by atoms with Gasteiger partial charge in [-0.05, 0) is 67.4 Å². The minimum atomic E-state index is -3.12. The van der Waals surface area contributed by atoms with E-state index in [9.17, 15) is 13.6 Å². The van der Waals surface area contributed by atoms with Gasteiger partial charge >= 0.3 is 11.9 Å². The van der Waals surface area contributed by atoms with Crippen LogP contribution in [0.5, 0.6) is 5.75 Å². The van der Waals surface area contributed by atoms with Crippen molar-refractivity contribution in [2.45, 2.75) is 45.5 Å². The number of aryl methyl sites for hydroxylation is 1. The van der Waals surface area contributed by atoms with Gasteiger partial charge in [0.25, 0.3) is 11.8 Å². The quantitative estimate of drug-likeness (QED) is 0.461. The number of ether oxygens (including phenoxy) is 2. The van der Waals surface area contributed by atoms with Crippen LogP contribution in [0.1, 0.15) is 54.4 Å². The number of carbonyl (C=O) groups is 1. The van der Waals surface area contributed by atoms with Crippen molar-refractivity contribution in [3.05, 3.63) is 35.2 Å². The van der Waals surface area contributed by atoms with Crippen LogP contribution in [0.4, 0.5) is 14.7 Å². The number of methoxy groups -OCH3 is 1. The fourth-order valence-corrected chi connectivity index (χ4v) is 3.57. The second kappa shape index (κ2) is 9.40. The number of hydrogen-bond donors (Lipinski definition) is 0. The smallest absolute Gasteiger partial charge is 0.338 e. The van der Waals surface area contributed by atoms with Crippen LogP contribution in [0.3, 0.4) is 0 Å². The highest BCUT2D eigenvalue weighted by Crippen LogP contribution is 2.29. The van der Waals surface area contributed by atoms with Crippen molar-refractivity contribution in [3.63, 3.8) is 0 Å². The van der Waals surface area contributed by atoms with E-state index in [1.807, 2.05) is 17.9 Å². The number of hydrogen-bond acceptors (Lipinski definition) is 7. The maximum Gasteiger partial charge on any atom is 0.338 e. The monoisotopic (exact) mass is 423 g/mol. The molecule has 164 valence electrons. The average Bonchev–Trinajstić information content (AvgIpc) is 3.22. The molecule has 0 saturated carbocycles. The first-order chi connectivity index (χ1) is 14.3. The lowest BCUT2D eigenvalue weighted by molar-refractivity contribution is -0.0158. The van der Waals surface area contributed by atoms with Gasteiger partial charge in [0.2, 0.25) is 0 Å². The average molecular weight is 423 g/mol. The van der Waals surface area contributed by atoms with Gasteiger partial charge in [-0.2, -0.15) is 13.8 Å². The zero-order valence-corrected chi connectivity index (χ0v) is 17.5. The lowest BCUT2D eigenvalue weighted by Crippen LogP contribution is -2.34. The molecule has 3 rings (SSSR count). The number of nitrogens with zero attached hydrogens (tertiary/aromatic N) is 3. The molecule has 1 saturated heterocycles. The third-order valence-corrected chi connectivity index (χ3v) is 5.32. The fraction of sp³-hybridized carbons (Fsp3) is 0.571. The molecule has 2 heterocycles. The summed E-state index contributed by atoms with van der Waals surface area (Å²) in [7, 11) is 1.36. The second-order valence-electron chi connectivity index (χ2n) is 7.68. The number of carbonyl (C=O) groups excluding carboxylic acids is 1. The second-order valence-corrected chi connectivity index (χ2v) is 7.68. The summed E-state index contributed by atoms with van der Waals surface area (Å²) in [5, 5.41) is 3.68. The highest BCUT2D eigenvalue weighted by molar-refractivity contribution is 5.91. The molecule has 0 amide bonds. The van der Waals surface area contributed by atoms with E-state index in [4.69, 9.17) is 9.47 Å². The molecule has 7 nitrogen and oxygen atoms in total. The number of halogens is 2. The summed E-state index contributed by atoms with van der Waals surface area (Å²) in [5.41, 5.74) is 1.35. The molecule has 0 spiro atoms.